The number of halogens is 4. The van der Waals surface area contributed by atoms with Gasteiger partial charge in [0.25, 0.3) is 0 Å². The zero-order valence-corrected chi connectivity index (χ0v) is 13.1. The molecule has 10 heavy (non-hydrogen) atoms. The Morgan fingerprint density at radius 1 is 0.700 bits per heavy atom. The lowest BCUT2D eigenvalue weighted by Gasteiger charge is -1.86. The summed E-state index contributed by atoms with van der Waals surface area (Å²) in [5.41, 5.74) is 0. The van der Waals surface area contributed by atoms with Crippen molar-refractivity contribution >= 4 is 96.1 Å². The molecule has 5 heteroatoms. The zero-order valence-electron chi connectivity index (χ0n) is 4.42. The number of hydrogen-bond donors (Lipinski definition) is 0. The molecular formula is C5I4O. The summed E-state index contributed by atoms with van der Waals surface area (Å²) in [5, 5.41) is 0. The minimum atomic E-state index is 0.176. The first-order chi connectivity index (χ1) is 4.55. The van der Waals surface area contributed by atoms with Crippen LogP contribution in [-0.4, -0.2) is 5.78 Å². The molecule has 0 N–H and O–H groups in total. The molecule has 0 aromatic carbocycles. The summed E-state index contributed by atoms with van der Waals surface area (Å²) >= 11 is 8.56. The zero-order chi connectivity index (χ0) is 7.89. The maximum atomic E-state index is 11.2. The highest BCUT2D eigenvalue weighted by Crippen LogP contribution is 2.43. The van der Waals surface area contributed by atoms with Gasteiger partial charge in [0.1, 0.15) is 0 Å². The van der Waals surface area contributed by atoms with Crippen LogP contribution < -0.4 is 0 Å². The van der Waals surface area contributed by atoms with Crippen molar-refractivity contribution in [2.24, 2.45) is 0 Å². The van der Waals surface area contributed by atoms with Crippen LogP contribution in [0.3, 0.4) is 0 Å². The van der Waals surface area contributed by atoms with Crippen LogP contribution in [0.5, 0.6) is 0 Å². The number of Topliss-reactive ketones (excluding diaryl/α,β-unsaturated/α-hetero) is 1. The van der Waals surface area contributed by atoms with E-state index in [0.29, 0.717) is 0 Å². The van der Waals surface area contributed by atoms with Crippen LogP contribution >= 0.6 is 90.4 Å². The second-order valence-electron chi connectivity index (χ2n) is 1.59. The third-order valence-corrected chi connectivity index (χ3v) is 8.29. The fourth-order valence-electron chi connectivity index (χ4n) is 0.488. The Morgan fingerprint density at radius 2 is 1.00 bits per heavy atom. The average Bonchev–Trinajstić information content (AvgIpc) is 2.07. The van der Waals surface area contributed by atoms with E-state index >= 15 is 0 Å². The number of hydrogen-bond acceptors (Lipinski definition) is 1. The third-order valence-electron chi connectivity index (χ3n) is 0.977. The molecule has 0 spiro atoms. The van der Waals surface area contributed by atoms with Gasteiger partial charge in [-0.15, -0.1) is 0 Å². The fraction of sp³-hybridized carbons (Fsp3) is 0. The lowest BCUT2D eigenvalue weighted by Crippen LogP contribution is -1.89. The van der Waals surface area contributed by atoms with Gasteiger partial charge >= 0.3 is 0 Å². The SMILES string of the molecule is O=C1C(I)=C(I)C(I)=C1I. The van der Waals surface area contributed by atoms with Gasteiger partial charge < -0.3 is 0 Å². The number of rotatable bonds is 0. The Morgan fingerprint density at radius 3 is 1.10 bits per heavy atom. The maximum absolute atomic E-state index is 11.2. The smallest absolute Gasteiger partial charge is 0.207 e. The second kappa shape index (κ2) is 3.85. The molecule has 0 radical (unpaired) electrons. The first-order valence-corrected chi connectivity index (χ1v) is 6.53. The van der Waals surface area contributed by atoms with Crippen molar-refractivity contribution in [2.75, 3.05) is 0 Å². The Hall–Kier alpha value is 2.07. The molecule has 1 aliphatic carbocycles. The Bertz CT molecular complexity index is 237. The van der Waals surface area contributed by atoms with E-state index in [0.717, 1.165) is 14.3 Å². The van der Waals surface area contributed by atoms with Crippen molar-refractivity contribution in [1.82, 2.24) is 0 Å². The van der Waals surface area contributed by atoms with Gasteiger partial charge in [-0.1, -0.05) is 0 Å². The minimum Gasteiger partial charge on any atom is -0.287 e. The lowest BCUT2D eigenvalue weighted by molar-refractivity contribution is -0.110. The van der Waals surface area contributed by atoms with Crippen LogP contribution in [0.25, 0.3) is 0 Å². The summed E-state index contributed by atoms with van der Waals surface area (Å²) in [5.74, 6) is 0.176. The highest BCUT2D eigenvalue weighted by atomic mass is 127. The number of ketones is 1. The van der Waals surface area contributed by atoms with Gasteiger partial charge in [0, 0.05) is 7.16 Å². The first kappa shape index (κ1) is 10.2. The van der Waals surface area contributed by atoms with Crippen molar-refractivity contribution in [2.45, 2.75) is 0 Å². The third kappa shape index (κ3) is 1.70. The Labute approximate surface area is 113 Å². The average molecular weight is 584 g/mol. The molecule has 0 saturated heterocycles. The van der Waals surface area contributed by atoms with E-state index < -0.39 is 0 Å². The quantitative estimate of drug-likeness (QED) is 0.398. The van der Waals surface area contributed by atoms with Gasteiger partial charge in [-0.25, -0.2) is 0 Å². The predicted octanol–water partition coefficient (Wildman–Crippen LogP) is 3.73. The molecule has 0 aromatic heterocycles. The van der Waals surface area contributed by atoms with Gasteiger partial charge in [0.2, 0.25) is 5.78 Å². The summed E-state index contributed by atoms with van der Waals surface area (Å²) < 4.78 is 3.89. The molecule has 1 rings (SSSR count). The molecule has 0 amide bonds. The van der Waals surface area contributed by atoms with Gasteiger partial charge in [0.15, 0.2) is 0 Å². The van der Waals surface area contributed by atoms with Crippen LogP contribution in [0.15, 0.2) is 14.3 Å². The van der Waals surface area contributed by atoms with Crippen molar-refractivity contribution in [1.29, 1.82) is 0 Å². The molecule has 0 unspecified atom stereocenters. The van der Waals surface area contributed by atoms with Gasteiger partial charge in [-0.2, -0.15) is 0 Å². The lowest BCUT2D eigenvalue weighted by atomic mass is 10.4. The van der Waals surface area contributed by atoms with Crippen molar-refractivity contribution in [3.8, 4) is 0 Å². The molecule has 0 aliphatic heterocycles. The second-order valence-corrected chi connectivity index (χ2v) is 5.90. The largest absolute Gasteiger partial charge is 0.287 e. The van der Waals surface area contributed by atoms with Crippen molar-refractivity contribution in [3.63, 3.8) is 0 Å². The van der Waals surface area contributed by atoms with Gasteiger partial charge in [-0.05, 0) is 90.4 Å². The topological polar surface area (TPSA) is 17.1 Å². The summed E-state index contributed by atoms with van der Waals surface area (Å²) in [6.07, 6.45) is 0. The molecule has 1 nitrogen and oxygen atoms in total. The van der Waals surface area contributed by atoms with Crippen LogP contribution in [0.4, 0.5) is 0 Å². The molecule has 0 fully saturated rings. The maximum Gasteiger partial charge on any atom is 0.207 e. The van der Waals surface area contributed by atoms with Crippen molar-refractivity contribution < 1.29 is 4.79 Å². The van der Waals surface area contributed by atoms with Gasteiger partial charge in [0.05, 0.1) is 7.16 Å². The van der Waals surface area contributed by atoms with Gasteiger partial charge in [-0.3, -0.25) is 4.79 Å². The summed E-state index contributed by atoms with van der Waals surface area (Å²) in [4.78, 5) is 11.2. The van der Waals surface area contributed by atoms with E-state index in [1.807, 2.05) is 0 Å². The van der Waals surface area contributed by atoms with Crippen LogP contribution in [0, 0.1) is 0 Å². The summed E-state index contributed by atoms with van der Waals surface area (Å²) in [6.45, 7) is 0. The molecule has 0 saturated carbocycles. The predicted molar refractivity (Wildman–Crippen MR) is 75.1 cm³/mol. The van der Waals surface area contributed by atoms with Crippen LogP contribution in [-0.2, 0) is 4.79 Å². The molecule has 0 heterocycles. The molecule has 1 aliphatic rings. The van der Waals surface area contributed by atoms with E-state index in [4.69, 9.17) is 0 Å². The highest BCUT2D eigenvalue weighted by Gasteiger charge is 2.25. The molecular weight excluding hydrogens is 584 g/mol. The molecule has 54 valence electrons. The molecule has 0 aromatic rings. The van der Waals surface area contributed by atoms with E-state index in [2.05, 4.69) is 90.4 Å². The fourth-order valence-corrected chi connectivity index (χ4v) is 4.14. The summed E-state index contributed by atoms with van der Waals surface area (Å²) in [6, 6.07) is 0. The van der Waals surface area contributed by atoms with E-state index in [-0.39, 0.29) is 5.78 Å². The van der Waals surface area contributed by atoms with E-state index in [9.17, 15) is 4.79 Å². The summed E-state index contributed by atoms with van der Waals surface area (Å²) in [7, 11) is 0. The minimum absolute atomic E-state index is 0.176. The van der Waals surface area contributed by atoms with Crippen LogP contribution in [0.2, 0.25) is 0 Å². The number of allylic oxidation sites excluding steroid dienone is 4. The van der Waals surface area contributed by atoms with E-state index in [1.165, 1.54) is 0 Å². The first-order valence-electron chi connectivity index (χ1n) is 2.21. The Kier molecular flexibility index (Phi) is 3.91. The number of carbonyl (C=O) groups is 1. The Balaban J connectivity index is 3.22. The van der Waals surface area contributed by atoms with Crippen LogP contribution in [0.1, 0.15) is 0 Å². The number of carbonyl (C=O) groups excluding carboxylic acids is 1. The van der Waals surface area contributed by atoms with E-state index in [1.54, 1.807) is 0 Å². The normalized spacial score (nSPS) is 19.4. The highest BCUT2D eigenvalue weighted by molar-refractivity contribution is 14.1. The molecule has 0 atom stereocenters. The monoisotopic (exact) mass is 584 g/mol. The molecule has 0 bridgehead atoms. The van der Waals surface area contributed by atoms with Crippen molar-refractivity contribution in [3.05, 3.63) is 14.3 Å². The standard InChI is InChI=1S/C5I4O/c6-1-2(7)4(9)5(10)3(1)8.